The maximum Gasteiger partial charge on any atom is 0.166 e. The molecule has 1 unspecified atom stereocenters. The summed E-state index contributed by atoms with van der Waals surface area (Å²) in [5.74, 6) is 0.145. The molecule has 1 heterocycles. The van der Waals surface area contributed by atoms with Gasteiger partial charge >= 0.3 is 0 Å². The highest BCUT2D eigenvalue weighted by atomic mass is 16.5. The average molecular weight is 224 g/mol. The number of carbonyl (C=O) groups excluding carboxylic acids is 1. The maximum absolute atomic E-state index is 11.8. The van der Waals surface area contributed by atoms with E-state index in [1.807, 2.05) is 17.8 Å². The Kier molecular flexibility index (Phi) is 5.19. The van der Waals surface area contributed by atoms with Gasteiger partial charge in [0.05, 0.1) is 17.9 Å². The monoisotopic (exact) mass is 224 g/mol. The van der Waals surface area contributed by atoms with Crippen LogP contribution < -0.4 is 0 Å². The number of ketones is 1. The molecule has 0 saturated carbocycles. The Balaban J connectivity index is 2.46. The van der Waals surface area contributed by atoms with Crippen molar-refractivity contribution in [2.24, 2.45) is 0 Å². The normalized spacial score (nSPS) is 12.7. The molecule has 0 aliphatic carbocycles. The Morgan fingerprint density at radius 3 is 3.00 bits per heavy atom. The van der Waals surface area contributed by atoms with Crippen molar-refractivity contribution in [3.8, 4) is 0 Å². The van der Waals surface area contributed by atoms with Gasteiger partial charge in [-0.1, -0.05) is 6.92 Å². The zero-order chi connectivity index (χ0) is 12.0. The van der Waals surface area contributed by atoms with E-state index in [0.29, 0.717) is 12.0 Å². The van der Waals surface area contributed by atoms with Crippen molar-refractivity contribution in [3.63, 3.8) is 0 Å². The minimum Gasteiger partial charge on any atom is -0.382 e. The molecular formula is C12H20N2O2. The summed E-state index contributed by atoms with van der Waals surface area (Å²) >= 11 is 0. The van der Waals surface area contributed by atoms with Crippen LogP contribution >= 0.6 is 0 Å². The lowest BCUT2D eigenvalue weighted by Crippen LogP contribution is -2.08. The summed E-state index contributed by atoms with van der Waals surface area (Å²) in [6.45, 7) is 4.92. The van der Waals surface area contributed by atoms with E-state index in [1.165, 1.54) is 0 Å². The third-order valence-electron chi connectivity index (χ3n) is 2.59. The molecule has 0 aromatic carbocycles. The lowest BCUT2D eigenvalue weighted by atomic mass is 10.1. The van der Waals surface area contributed by atoms with Crippen LogP contribution in [0.1, 0.15) is 43.5 Å². The van der Waals surface area contributed by atoms with Crippen LogP contribution in [0.25, 0.3) is 0 Å². The second-order valence-corrected chi connectivity index (χ2v) is 4.00. The molecule has 0 N–H and O–H groups in total. The summed E-state index contributed by atoms with van der Waals surface area (Å²) in [6, 6.07) is 0. The van der Waals surface area contributed by atoms with Gasteiger partial charge in [0.2, 0.25) is 0 Å². The van der Waals surface area contributed by atoms with Crippen molar-refractivity contribution in [1.29, 1.82) is 0 Å². The number of rotatable bonds is 7. The third kappa shape index (κ3) is 3.77. The predicted molar refractivity (Wildman–Crippen MR) is 62.6 cm³/mol. The van der Waals surface area contributed by atoms with Gasteiger partial charge < -0.3 is 4.74 Å². The molecule has 1 aromatic heterocycles. The number of aromatic nitrogens is 2. The number of methoxy groups -OCH3 is 1. The molecule has 0 amide bonds. The number of hydrogen-bond acceptors (Lipinski definition) is 3. The second-order valence-electron chi connectivity index (χ2n) is 4.00. The molecule has 1 rings (SSSR count). The first kappa shape index (κ1) is 12.9. The molecule has 0 radical (unpaired) electrons. The summed E-state index contributed by atoms with van der Waals surface area (Å²) in [4.78, 5) is 11.8. The predicted octanol–water partition coefficient (Wildman–Crippen LogP) is 2.29. The van der Waals surface area contributed by atoms with E-state index in [4.69, 9.17) is 4.74 Å². The summed E-state index contributed by atoms with van der Waals surface area (Å²) in [7, 11) is 1.66. The third-order valence-corrected chi connectivity index (χ3v) is 2.59. The number of nitrogens with zero attached hydrogens (tertiary/aromatic N) is 2. The van der Waals surface area contributed by atoms with E-state index in [-0.39, 0.29) is 11.9 Å². The molecule has 0 spiro atoms. The molecule has 90 valence electrons. The molecule has 16 heavy (non-hydrogen) atoms. The van der Waals surface area contributed by atoms with E-state index in [9.17, 15) is 4.79 Å². The minimum absolute atomic E-state index is 0.134. The van der Waals surface area contributed by atoms with Crippen LogP contribution in [0.15, 0.2) is 12.4 Å². The van der Waals surface area contributed by atoms with Gasteiger partial charge in [-0.3, -0.25) is 9.48 Å². The first-order valence-corrected chi connectivity index (χ1v) is 5.75. The van der Waals surface area contributed by atoms with Crippen LogP contribution in [0.4, 0.5) is 0 Å². The molecular weight excluding hydrogens is 204 g/mol. The smallest absolute Gasteiger partial charge is 0.166 e. The van der Waals surface area contributed by atoms with Gasteiger partial charge in [0.1, 0.15) is 0 Å². The van der Waals surface area contributed by atoms with Crippen LogP contribution in [0.2, 0.25) is 0 Å². The Hall–Kier alpha value is -1.16. The molecule has 0 aliphatic rings. The number of carbonyl (C=O) groups is 1. The Morgan fingerprint density at radius 2 is 2.38 bits per heavy atom. The van der Waals surface area contributed by atoms with E-state index in [2.05, 4.69) is 12.0 Å². The molecule has 4 heteroatoms. The summed E-state index contributed by atoms with van der Waals surface area (Å²) in [5, 5.41) is 4.14. The number of aryl methyl sites for hydroxylation is 1. The van der Waals surface area contributed by atoms with Crippen LogP contribution in [-0.4, -0.2) is 28.8 Å². The van der Waals surface area contributed by atoms with Gasteiger partial charge in [0.15, 0.2) is 5.78 Å². The summed E-state index contributed by atoms with van der Waals surface area (Å²) in [6.07, 6.45) is 5.91. The van der Waals surface area contributed by atoms with E-state index < -0.39 is 0 Å². The highest BCUT2D eigenvalue weighted by molar-refractivity contribution is 5.95. The second kappa shape index (κ2) is 6.43. The fourth-order valence-corrected chi connectivity index (χ4v) is 1.46. The summed E-state index contributed by atoms with van der Waals surface area (Å²) in [5.41, 5.74) is 0.705. The van der Waals surface area contributed by atoms with Crippen LogP contribution in [0, 0.1) is 0 Å². The van der Waals surface area contributed by atoms with Crippen molar-refractivity contribution < 1.29 is 9.53 Å². The Bertz CT molecular complexity index is 334. The Labute approximate surface area is 96.6 Å². The first-order chi connectivity index (χ1) is 7.67. The van der Waals surface area contributed by atoms with Gasteiger partial charge in [-0.05, 0) is 19.8 Å². The lowest BCUT2D eigenvalue weighted by Gasteiger charge is -2.06. The molecule has 1 aromatic rings. The standard InChI is InChI=1S/C12H20N2O2/c1-4-7-14-9-11(8-13-14)12(15)6-5-10(2)16-3/h8-10H,4-7H2,1-3H3. The lowest BCUT2D eigenvalue weighted by molar-refractivity contribution is 0.0877. The van der Waals surface area contributed by atoms with Gasteiger partial charge in [0.25, 0.3) is 0 Å². The van der Waals surface area contributed by atoms with Gasteiger partial charge in [-0.2, -0.15) is 5.10 Å². The van der Waals surface area contributed by atoms with Crippen LogP contribution in [0.5, 0.6) is 0 Å². The maximum atomic E-state index is 11.8. The van der Waals surface area contributed by atoms with Crippen molar-refractivity contribution in [3.05, 3.63) is 18.0 Å². The minimum atomic E-state index is 0.134. The average Bonchev–Trinajstić information content (AvgIpc) is 2.74. The highest BCUT2D eigenvalue weighted by Gasteiger charge is 2.10. The van der Waals surface area contributed by atoms with Crippen molar-refractivity contribution in [1.82, 2.24) is 9.78 Å². The summed E-state index contributed by atoms with van der Waals surface area (Å²) < 4.78 is 6.92. The molecule has 0 fully saturated rings. The van der Waals surface area contributed by atoms with Gasteiger partial charge in [-0.15, -0.1) is 0 Å². The van der Waals surface area contributed by atoms with Gasteiger partial charge in [-0.25, -0.2) is 0 Å². The SMILES string of the molecule is CCCn1cc(C(=O)CCC(C)OC)cn1. The molecule has 1 atom stereocenters. The fourth-order valence-electron chi connectivity index (χ4n) is 1.46. The van der Waals surface area contributed by atoms with Crippen LogP contribution in [0.3, 0.4) is 0 Å². The zero-order valence-electron chi connectivity index (χ0n) is 10.3. The van der Waals surface area contributed by atoms with E-state index in [1.54, 1.807) is 13.3 Å². The number of ether oxygens (including phenoxy) is 1. The number of hydrogen-bond donors (Lipinski definition) is 0. The van der Waals surface area contributed by atoms with E-state index >= 15 is 0 Å². The number of Topliss-reactive ketones (excluding diaryl/α,β-unsaturated/α-hetero) is 1. The molecule has 0 saturated heterocycles. The topological polar surface area (TPSA) is 44.1 Å². The Morgan fingerprint density at radius 1 is 1.62 bits per heavy atom. The molecule has 0 aliphatic heterocycles. The van der Waals surface area contributed by atoms with Crippen molar-refractivity contribution in [2.45, 2.75) is 45.8 Å². The zero-order valence-corrected chi connectivity index (χ0v) is 10.3. The molecule has 4 nitrogen and oxygen atoms in total. The van der Waals surface area contributed by atoms with Crippen molar-refractivity contribution >= 4 is 5.78 Å². The van der Waals surface area contributed by atoms with Crippen LogP contribution in [-0.2, 0) is 11.3 Å². The highest BCUT2D eigenvalue weighted by Crippen LogP contribution is 2.08. The van der Waals surface area contributed by atoms with Gasteiger partial charge in [0, 0.05) is 26.3 Å². The fraction of sp³-hybridized carbons (Fsp3) is 0.667. The molecule has 0 bridgehead atoms. The van der Waals surface area contributed by atoms with Crippen molar-refractivity contribution in [2.75, 3.05) is 7.11 Å². The largest absolute Gasteiger partial charge is 0.382 e. The first-order valence-electron chi connectivity index (χ1n) is 5.75. The van der Waals surface area contributed by atoms with E-state index in [0.717, 1.165) is 19.4 Å². The quantitative estimate of drug-likeness (QED) is 0.667.